The Hall–Kier alpha value is -8.04. The van der Waals surface area contributed by atoms with Crippen LogP contribution in [0.25, 0.3) is 10.9 Å². The summed E-state index contributed by atoms with van der Waals surface area (Å²) in [7, 11) is 0. The van der Waals surface area contributed by atoms with Gasteiger partial charge in [-0.05, 0) is 48.8 Å². The maximum atomic E-state index is 14.6. The second kappa shape index (κ2) is 30.4. The van der Waals surface area contributed by atoms with Crippen LogP contribution in [0, 0.1) is 5.92 Å². The fourth-order valence-corrected chi connectivity index (χ4v) is 8.07. The SMILES string of the molecule is CC(C)C[C@H](NC(=O)[C@H](CCCN=C(N)N)NC(=O)[C@H](CCC(N)=O)NC(=O)[C@H](Cc1cnc[nH]1)NC(=O)[C@@H](N)CO)C(=O)N[C@@H](Cc1c[nH]c2ccccc12)C(=O)N[C@@H](Cc1ccccc1)C(=O)N[C@@H](CS)C(=O)O. The van der Waals surface area contributed by atoms with Gasteiger partial charge in [0.05, 0.1) is 12.9 Å². The van der Waals surface area contributed by atoms with Crippen molar-refractivity contribution >= 4 is 82.7 Å². The summed E-state index contributed by atoms with van der Waals surface area (Å²) in [4.78, 5) is 136. The zero-order valence-electron chi connectivity index (χ0n) is 42.1. The number of carbonyl (C=O) groups is 9. The number of hydrogen-bond donors (Lipinski definition) is 16. The van der Waals surface area contributed by atoms with Crippen molar-refractivity contribution in [2.24, 2.45) is 33.8 Å². The van der Waals surface area contributed by atoms with Gasteiger partial charge in [-0.15, -0.1) is 0 Å². The predicted octanol–water partition coefficient (Wildman–Crippen LogP) is -2.99. The zero-order chi connectivity index (χ0) is 55.9. The first kappa shape index (κ1) is 60.5. The highest BCUT2D eigenvalue weighted by molar-refractivity contribution is 7.80. The molecule has 0 aliphatic heterocycles. The molecule has 0 bridgehead atoms. The van der Waals surface area contributed by atoms with Crippen molar-refractivity contribution in [3.8, 4) is 0 Å². The number of H-pyrrole nitrogens is 2. The van der Waals surface area contributed by atoms with E-state index in [0.717, 1.165) is 10.9 Å². The van der Waals surface area contributed by atoms with Crippen LogP contribution in [0.1, 0.15) is 62.8 Å². The highest BCUT2D eigenvalue weighted by Crippen LogP contribution is 2.20. The molecule has 4 aromatic rings. The van der Waals surface area contributed by atoms with Gasteiger partial charge < -0.3 is 80.3 Å². The van der Waals surface area contributed by atoms with Gasteiger partial charge in [-0.3, -0.25) is 43.3 Å². The monoisotopic (exact) mass is 1080 g/mol. The van der Waals surface area contributed by atoms with Crippen LogP contribution in [0.4, 0.5) is 0 Å². The molecule has 2 aromatic heterocycles. The Labute approximate surface area is 443 Å². The number of fused-ring (bicyclic) bond motifs is 1. The first-order chi connectivity index (χ1) is 36.2. The van der Waals surface area contributed by atoms with E-state index < -0.39 is 115 Å². The summed E-state index contributed by atoms with van der Waals surface area (Å²) in [6, 6.07) is 4.60. The second-order valence-corrected chi connectivity index (χ2v) is 18.7. The van der Waals surface area contributed by atoms with E-state index >= 15 is 0 Å². The Morgan fingerprint density at radius 2 is 1.18 bits per heavy atom. The molecule has 0 fully saturated rings. The molecule has 8 amide bonds. The van der Waals surface area contributed by atoms with E-state index in [1.807, 2.05) is 18.2 Å². The van der Waals surface area contributed by atoms with Crippen LogP contribution in [-0.4, -0.2) is 152 Å². The Morgan fingerprint density at radius 3 is 1.75 bits per heavy atom. The van der Waals surface area contributed by atoms with Crippen LogP contribution in [0.3, 0.4) is 0 Å². The van der Waals surface area contributed by atoms with E-state index in [0.29, 0.717) is 16.8 Å². The van der Waals surface area contributed by atoms with Crippen molar-refractivity contribution in [1.82, 2.24) is 52.2 Å². The topological polar surface area (TPSA) is 439 Å². The number of para-hydroxylation sites is 1. The van der Waals surface area contributed by atoms with Gasteiger partial charge in [-0.2, -0.15) is 12.6 Å². The van der Waals surface area contributed by atoms with Crippen LogP contribution in [0.5, 0.6) is 0 Å². The van der Waals surface area contributed by atoms with Crippen molar-refractivity contribution in [1.29, 1.82) is 0 Å². The van der Waals surface area contributed by atoms with Crippen molar-refractivity contribution in [3.05, 3.63) is 90.1 Å². The number of aromatic amines is 2. The van der Waals surface area contributed by atoms with Gasteiger partial charge in [-0.1, -0.05) is 62.4 Å². The van der Waals surface area contributed by atoms with E-state index in [2.05, 4.69) is 69.8 Å². The van der Waals surface area contributed by atoms with Crippen LogP contribution >= 0.6 is 12.6 Å². The lowest BCUT2D eigenvalue weighted by molar-refractivity contribution is -0.141. The molecule has 19 N–H and O–H groups in total. The second-order valence-electron chi connectivity index (χ2n) is 18.4. The lowest BCUT2D eigenvalue weighted by atomic mass is 9.99. The third-order valence-electron chi connectivity index (χ3n) is 11.8. The number of carboxylic acid groups (broad SMARTS) is 1. The summed E-state index contributed by atoms with van der Waals surface area (Å²) in [5.74, 6) is -9.05. The number of aliphatic imine (C=N–C) groups is 1. The van der Waals surface area contributed by atoms with E-state index in [9.17, 15) is 53.4 Å². The number of primary amides is 1. The average Bonchev–Trinajstić information content (AvgIpc) is 4.06. The van der Waals surface area contributed by atoms with E-state index in [1.54, 1.807) is 56.4 Å². The first-order valence-corrected chi connectivity index (χ1v) is 25.0. The number of benzene rings is 2. The summed E-state index contributed by atoms with van der Waals surface area (Å²) in [5.41, 5.74) is 24.6. The van der Waals surface area contributed by atoms with E-state index in [-0.39, 0.29) is 69.1 Å². The maximum absolute atomic E-state index is 14.6. The minimum absolute atomic E-state index is 0.00418. The molecule has 8 atom stereocenters. The summed E-state index contributed by atoms with van der Waals surface area (Å²) < 4.78 is 0. The third kappa shape index (κ3) is 19.7. The number of imidazole rings is 1. The number of aliphatic carboxylic acids is 1. The quantitative estimate of drug-likeness (QED) is 0.0100. The molecule has 0 saturated heterocycles. The molecule has 27 heteroatoms. The van der Waals surface area contributed by atoms with Gasteiger partial charge in [0.2, 0.25) is 47.3 Å². The molecule has 0 saturated carbocycles. The largest absolute Gasteiger partial charge is 0.480 e. The van der Waals surface area contributed by atoms with Crippen LogP contribution in [-0.2, 0) is 62.4 Å². The molecule has 0 unspecified atom stereocenters. The molecule has 2 heterocycles. The summed E-state index contributed by atoms with van der Waals surface area (Å²) >= 11 is 4.06. The number of nitrogens with zero attached hydrogens (tertiary/aromatic N) is 2. The van der Waals surface area contributed by atoms with E-state index in [4.69, 9.17) is 22.9 Å². The average molecular weight is 1080 g/mol. The Kier molecular flexibility index (Phi) is 24.2. The number of nitrogens with one attached hydrogen (secondary N) is 9. The Morgan fingerprint density at radius 1 is 0.658 bits per heavy atom. The summed E-state index contributed by atoms with van der Waals surface area (Å²) in [6.45, 7) is 2.82. The third-order valence-corrected chi connectivity index (χ3v) is 12.2. The van der Waals surface area contributed by atoms with Crippen molar-refractivity contribution in [2.45, 2.75) is 114 Å². The number of aliphatic hydroxyl groups excluding tert-OH is 1. The standard InChI is InChI=1S/C49H69N15O11S/c1-26(2)17-35(44(70)63-37(19-28-21-56-32-12-7-6-11-30(28)32)46(72)62-36(18-27-9-4-3-5-10-27)45(71)64-39(24-76)48(74)75)61-42(68)33(13-8-16-55-49(52)53)58-43(69)34(14-15-40(51)66)59-47(73)38(20-29-22-54-25-57-29)60-41(67)31(50)23-65/h3-7,9-12,21-22,25-26,31,33-39,56,65,76H,8,13-20,23-24,50H2,1-2H3,(H2,51,66)(H,54,57)(H,58,69)(H,59,73)(H,60,67)(H,61,68)(H,62,72)(H,63,70)(H,64,71)(H,74,75)(H4,52,53,55)/t31-,33-,34-,35-,36-,37-,38-,39-/m0/s1. The molecule has 2 aromatic carbocycles. The van der Waals surface area contributed by atoms with E-state index in [1.165, 1.54) is 12.5 Å². The number of aliphatic hydroxyl groups is 1. The van der Waals surface area contributed by atoms with Crippen molar-refractivity contribution in [3.63, 3.8) is 0 Å². The fraction of sp³-hybridized carbons (Fsp3) is 0.449. The normalized spacial score (nSPS) is 14.3. The van der Waals surface area contributed by atoms with Gasteiger partial charge >= 0.3 is 5.97 Å². The molecular formula is C49H69N15O11S. The molecule has 0 aliphatic rings. The minimum Gasteiger partial charge on any atom is -0.480 e. The number of nitrogens with two attached hydrogens (primary N) is 4. The van der Waals surface area contributed by atoms with Gasteiger partial charge in [0.25, 0.3) is 0 Å². The smallest absolute Gasteiger partial charge is 0.327 e. The number of guanidine groups is 1. The Balaban J connectivity index is 1.66. The maximum Gasteiger partial charge on any atom is 0.327 e. The minimum atomic E-state index is -1.54. The number of aromatic nitrogens is 3. The molecule has 4 rings (SSSR count). The number of carbonyl (C=O) groups excluding carboxylic acids is 8. The Bertz CT molecular complexity index is 2630. The molecule has 76 heavy (non-hydrogen) atoms. The van der Waals surface area contributed by atoms with Crippen molar-refractivity contribution in [2.75, 3.05) is 18.9 Å². The molecule has 26 nitrogen and oxygen atoms in total. The first-order valence-electron chi connectivity index (χ1n) is 24.4. The number of hydrogen-bond acceptors (Lipinski definition) is 14. The molecule has 0 radical (unpaired) electrons. The van der Waals surface area contributed by atoms with Crippen molar-refractivity contribution < 1.29 is 53.4 Å². The molecule has 0 aliphatic carbocycles. The van der Waals surface area contributed by atoms with Gasteiger partial charge in [0.1, 0.15) is 48.3 Å². The van der Waals surface area contributed by atoms with Gasteiger partial charge in [0, 0.05) is 67.0 Å². The lowest BCUT2D eigenvalue weighted by Gasteiger charge is -2.28. The molecule has 0 spiro atoms. The highest BCUT2D eigenvalue weighted by Gasteiger charge is 2.35. The van der Waals surface area contributed by atoms with Crippen LogP contribution < -0.4 is 60.2 Å². The summed E-state index contributed by atoms with van der Waals surface area (Å²) in [6.07, 6.45) is 3.23. The number of carboxylic acids is 1. The number of amides is 8. The van der Waals surface area contributed by atoms with Crippen LogP contribution in [0.2, 0.25) is 0 Å². The lowest BCUT2D eigenvalue weighted by Crippen LogP contribution is -2.61. The van der Waals surface area contributed by atoms with Crippen LogP contribution in [0.15, 0.2) is 78.3 Å². The number of thiol groups is 1. The molecule has 412 valence electrons. The highest BCUT2D eigenvalue weighted by atomic mass is 32.1. The number of rotatable bonds is 32. The molecular weight excluding hydrogens is 1010 g/mol. The zero-order valence-corrected chi connectivity index (χ0v) is 43.0. The predicted molar refractivity (Wildman–Crippen MR) is 282 cm³/mol. The summed E-state index contributed by atoms with van der Waals surface area (Å²) in [5, 5.41) is 38.0. The van der Waals surface area contributed by atoms with Gasteiger partial charge in [-0.25, -0.2) is 9.78 Å². The fourth-order valence-electron chi connectivity index (χ4n) is 7.83. The van der Waals surface area contributed by atoms with Gasteiger partial charge in [0.15, 0.2) is 5.96 Å².